The Bertz CT molecular complexity index is 680. The Morgan fingerprint density at radius 1 is 1.29 bits per heavy atom. The van der Waals surface area contributed by atoms with Gasteiger partial charge in [0, 0.05) is 35.3 Å². The van der Waals surface area contributed by atoms with Crippen LogP contribution in [0, 0.1) is 0 Å². The number of rotatable bonds is 6. The van der Waals surface area contributed by atoms with E-state index in [-0.39, 0.29) is 0 Å². The number of fused-ring (bicyclic) bond motifs is 1. The smallest absolute Gasteiger partial charge is 0.0643 e. The van der Waals surface area contributed by atoms with E-state index in [4.69, 9.17) is 0 Å². The van der Waals surface area contributed by atoms with Gasteiger partial charge in [-0.3, -0.25) is 4.68 Å². The predicted molar refractivity (Wildman–Crippen MR) is 89.8 cm³/mol. The van der Waals surface area contributed by atoms with Gasteiger partial charge in [-0.2, -0.15) is 5.10 Å². The molecule has 2 heterocycles. The molecule has 110 valence electrons. The fourth-order valence-corrected chi connectivity index (χ4v) is 3.69. The minimum atomic E-state index is 0.345. The molecule has 3 nitrogen and oxygen atoms in total. The summed E-state index contributed by atoms with van der Waals surface area (Å²) in [4.78, 5) is 1.40. The molecule has 0 aliphatic heterocycles. The maximum atomic E-state index is 4.52. The molecule has 0 amide bonds. The molecule has 0 fully saturated rings. The lowest BCUT2D eigenvalue weighted by molar-refractivity contribution is 0.528. The zero-order valence-corrected chi connectivity index (χ0v) is 13.4. The fraction of sp³-hybridized carbons (Fsp3) is 0.353. The fourth-order valence-electron chi connectivity index (χ4n) is 2.55. The maximum absolute atomic E-state index is 4.52. The molecule has 2 aromatic heterocycles. The molecule has 0 bridgehead atoms. The van der Waals surface area contributed by atoms with E-state index in [1.165, 1.54) is 15.0 Å². The van der Waals surface area contributed by atoms with Gasteiger partial charge in [-0.15, -0.1) is 11.3 Å². The average molecular weight is 299 g/mol. The molecule has 0 aliphatic carbocycles. The SMILES string of the molecule is CCCNC(Cc1ccn(C)n1)c1cc2ccccc2s1. The van der Waals surface area contributed by atoms with Crippen LogP contribution in [0.2, 0.25) is 0 Å². The zero-order chi connectivity index (χ0) is 14.7. The molecule has 0 aliphatic rings. The lowest BCUT2D eigenvalue weighted by Crippen LogP contribution is -2.23. The molecular weight excluding hydrogens is 278 g/mol. The molecule has 0 spiro atoms. The molecular formula is C17H21N3S. The van der Waals surface area contributed by atoms with Crippen molar-refractivity contribution in [3.05, 3.63) is 53.2 Å². The van der Waals surface area contributed by atoms with Crippen molar-refractivity contribution in [3.8, 4) is 0 Å². The molecule has 1 N–H and O–H groups in total. The van der Waals surface area contributed by atoms with Gasteiger partial charge < -0.3 is 5.32 Å². The summed E-state index contributed by atoms with van der Waals surface area (Å²) in [5, 5.41) is 9.52. The zero-order valence-electron chi connectivity index (χ0n) is 12.5. The summed E-state index contributed by atoms with van der Waals surface area (Å²) < 4.78 is 3.23. The van der Waals surface area contributed by atoms with E-state index in [2.05, 4.69) is 53.7 Å². The Morgan fingerprint density at radius 3 is 2.86 bits per heavy atom. The summed E-state index contributed by atoms with van der Waals surface area (Å²) in [6.07, 6.45) is 4.09. The van der Waals surface area contributed by atoms with Gasteiger partial charge in [0.25, 0.3) is 0 Å². The first-order valence-electron chi connectivity index (χ1n) is 7.46. The van der Waals surface area contributed by atoms with Crippen molar-refractivity contribution < 1.29 is 0 Å². The van der Waals surface area contributed by atoms with Crippen LogP contribution in [0.15, 0.2) is 42.6 Å². The minimum absolute atomic E-state index is 0.345. The van der Waals surface area contributed by atoms with Crippen LogP contribution in [0.1, 0.15) is 30.0 Å². The molecule has 1 aromatic carbocycles. The normalized spacial score (nSPS) is 12.9. The average Bonchev–Trinajstić information content (AvgIpc) is 3.09. The Labute approximate surface area is 129 Å². The number of thiophene rings is 1. The van der Waals surface area contributed by atoms with Crippen molar-refractivity contribution in [1.29, 1.82) is 0 Å². The quantitative estimate of drug-likeness (QED) is 0.747. The molecule has 3 aromatic rings. The van der Waals surface area contributed by atoms with E-state index in [1.807, 2.05) is 29.3 Å². The second-order valence-corrected chi connectivity index (χ2v) is 6.49. The van der Waals surface area contributed by atoms with E-state index >= 15 is 0 Å². The van der Waals surface area contributed by atoms with Crippen LogP contribution >= 0.6 is 11.3 Å². The Kier molecular flexibility index (Phi) is 4.36. The van der Waals surface area contributed by atoms with E-state index < -0.39 is 0 Å². The Hall–Kier alpha value is -1.65. The number of aryl methyl sites for hydroxylation is 1. The van der Waals surface area contributed by atoms with Crippen molar-refractivity contribution in [1.82, 2.24) is 15.1 Å². The third-order valence-corrected chi connectivity index (χ3v) is 4.84. The number of nitrogens with zero attached hydrogens (tertiary/aromatic N) is 2. The molecule has 0 saturated heterocycles. The topological polar surface area (TPSA) is 29.9 Å². The summed E-state index contributed by atoms with van der Waals surface area (Å²) in [6, 6.07) is 13.4. The van der Waals surface area contributed by atoms with Crippen molar-refractivity contribution in [2.45, 2.75) is 25.8 Å². The second kappa shape index (κ2) is 6.41. The molecule has 1 atom stereocenters. The molecule has 0 radical (unpaired) electrons. The molecule has 0 saturated carbocycles. The predicted octanol–water partition coefficient (Wildman–Crippen LogP) is 3.92. The van der Waals surface area contributed by atoms with E-state index in [9.17, 15) is 0 Å². The number of benzene rings is 1. The molecule has 1 unspecified atom stereocenters. The van der Waals surface area contributed by atoms with Crippen LogP contribution in [0.4, 0.5) is 0 Å². The Morgan fingerprint density at radius 2 is 2.14 bits per heavy atom. The first-order chi connectivity index (χ1) is 10.3. The van der Waals surface area contributed by atoms with Crippen molar-refractivity contribution in [2.24, 2.45) is 7.05 Å². The number of hydrogen-bond acceptors (Lipinski definition) is 3. The van der Waals surface area contributed by atoms with E-state index in [0.29, 0.717) is 6.04 Å². The van der Waals surface area contributed by atoms with Gasteiger partial charge in [-0.1, -0.05) is 25.1 Å². The second-order valence-electron chi connectivity index (χ2n) is 5.38. The van der Waals surface area contributed by atoms with E-state index in [1.54, 1.807) is 0 Å². The highest BCUT2D eigenvalue weighted by molar-refractivity contribution is 7.19. The van der Waals surface area contributed by atoms with Crippen LogP contribution in [-0.4, -0.2) is 16.3 Å². The van der Waals surface area contributed by atoms with Crippen molar-refractivity contribution in [2.75, 3.05) is 6.54 Å². The molecule has 4 heteroatoms. The van der Waals surface area contributed by atoms with E-state index in [0.717, 1.165) is 25.1 Å². The highest BCUT2D eigenvalue weighted by Gasteiger charge is 2.15. The van der Waals surface area contributed by atoms with Crippen LogP contribution in [0.25, 0.3) is 10.1 Å². The van der Waals surface area contributed by atoms with Crippen molar-refractivity contribution >= 4 is 21.4 Å². The lowest BCUT2D eigenvalue weighted by atomic mass is 10.1. The van der Waals surface area contributed by atoms with Crippen LogP contribution in [0.5, 0.6) is 0 Å². The highest BCUT2D eigenvalue weighted by atomic mass is 32.1. The van der Waals surface area contributed by atoms with Gasteiger partial charge in [0.1, 0.15) is 0 Å². The van der Waals surface area contributed by atoms with Gasteiger partial charge in [0.15, 0.2) is 0 Å². The maximum Gasteiger partial charge on any atom is 0.0643 e. The summed E-state index contributed by atoms with van der Waals surface area (Å²) >= 11 is 1.88. The Balaban J connectivity index is 1.86. The van der Waals surface area contributed by atoms with Gasteiger partial charge in [0.05, 0.1) is 5.69 Å². The third kappa shape index (κ3) is 3.34. The largest absolute Gasteiger partial charge is 0.309 e. The van der Waals surface area contributed by atoms with Crippen LogP contribution < -0.4 is 5.32 Å². The molecule has 21 heavy (non-hydrogen) atoms. The number of aromatic nitrogens is 2. The van der Waals surface area contributed by atoms with Gasteiger partial charge in [-0.05, 0) is 36.6 Å². The van der Waals surface area contributed by atoms with Crippen LogP contribution in [0.3, 0.4) is 0 Å². The molecule has 3 rings (SSSR count). The lowest BCUT2D eigenvalue weighted by Gasteiger charge is -2.15. The minimum Gasteiger partial charge on any atom is -0.309 e. The first kappa shape index (κ1) is 14.3. The van der Waals surface area contributed by atoms with Crippen LogP contribution in [-0.2, 0) is 13.5 Å². The van der Waals surface area contributed by atoms with Gasteiger partial charge in [-0.25, -0.2) is 0 Å². The van der Waals surface area contributed by atoms with Gasteiger partial charge in [0.2, 0.25) is 0 Å². The summed E-state index contributed by atoms with van der Waals surface area (Å²) in [5.74, 6) is 0. The number of nitrogens with one attached hydrogen (secondary N) is 1. The number of hydrogen-bond donors (Lipinski definition) is 1. The van der Waals surface area contributed by atoms with Gasteiger partial charge >= 0.3 is 0 Å². The third-order valence-electron chi connectivity index (χ3n) is 3.61. The summed E-state index contributed by atoms with van der Waals surface area (Å²) in [7, 11) is 1.97. The monoisotopic (exact) mass is 299 g/mol. The first-order valence-corrected chi connectivity index (χ1v) is 8.28. The summed E-state index contributed by atoms with van der Waals surface area (Å²) in [6.45, 7) is 3.24. The highest BCUT2D eigenvalue weighted by Crippen LogP contribution is 2.31. The standard InChI is InChI=1S/C17H21N3S/c1-3-9-18-15(12-14-8-10-20(2)19-14)17-11-13-6-4-5-7-16(13)21-17/h4-8,10-11,15,18H,3,9,12H2,1-2H3. The summed E-state index contributed by atoms with van der Waals surface area (Å²) in [5.41, 5.74) is 1.14. The van der Waals surface area contributed by atoms with Crippen molar-refractivity contribution in [3.63, 3.8) is 0 Å².